The van der Waals surface area contributed by atoms with Crippen LogP contribution >= 0.6 is 0 Å². The molecule has 0 aliphatic heterocycles. The van der Waals surface area contributed by atoms with Gasteiger partial charge in [-0.25, -0.2) is 9.67 Å². The van der Waals surface area contributed by atoms with Gasteiger partial charge in [0, 0.05) is 24.6 Å². The first-order chi connectivity index (χ1) is 11.8. The molecule has 0 amide bonds. The van der Waals surface area contributed by atoms with Crippen LogP contribution in [0.3, 0.4) is 0 Å². The first-order valence-corrected chi connectivity index (χ1v) is 8.46. The lowest BCUT2D eigenvalue weighted by Crippen LogP contribution is -2.19. The zero-order valence-electron chi connectivity index (χ0n) is 13.8. The van der Waals surface area contributed by atoms with Gasteiger partial charge in [0.1, 0.15) is 24.1 Å². The van der Waals surface area contributed by atoms with E-state index in [4.69, 9.17) is 4.52 Å². The van der Waals surface area contributed by atoms with Gasteiger partial charge in [0.2, 0.25) is 0 Å². The highest BCUT2D eigenvalue weighted by molar-refractivity contribution is 5.34. The van der Waals surface area contributed by atoms with Crippen molar-refractivity contribution in [2.75, 3.05) is 0 Å². The van der Waals surface area contributed by atoms with Gasteiger partial charge in [-0.05, 0) is 43.9 Å². The number of aromatic nitrogens is 4. The highest BCUT2D eigenvalue weighted by atomic mass is 16.5. The molecule has 1 N–H and O–H groups in total. The third kappa shape index (κ3) is 2.97. The minimum atomic E-state index is 0.241. The fraction of sp³-hybridized carbons (Fsp3) is 0.389. The fourth-order valence-electron chi connectivity index (χ4n) is 3.21. The molecule has 2 aromatic heterocycles. The summed E-state index contributed by atoms with van der Waals surface area (Å²) in [5.74, 6) is 1.09. The number of hydrogen-bond donors (Lipinski definition) is 1. The van der Waals surface area contributed by atoms with Crippen molar-refractivity contribution in [2.45, 2.75) is 45.2 Å². The van der Waals surface area contributed by atoms with Gasteiger partial charge in [0.25, 0.3) is 0 Å². The summed E-state index contributed by atoms with van der Waals surface area (Å²) in [6.07, 6.45) is 7.81. The van der Waals surface area contributed by atoms with E-state index in [-0.39, 0.29) is 6.04 Å². The van der Waals surface area contributed by atoms with Gasteiger partial charge >= 0.3 is 0 Å². The average Bonchev–Trinajstić information content (AvgIpc) is 3.30. The Balaban J connectivity index is 1.41. The average molecular weight is 323 g/mol. The van der Waals surface area contributed by atoms with Crippen LogP contribution in [0.4, 0.5) is 0 Å². The third-order valence-electron chi connectivity index (χ3n) is 4.68. The lowest BCUT2D eigenvalue weighted by molar-refractivity contribution is 0.365. The van der Waals surface area contributed by atoms with E-state index in [9.17, 15) is 0 Å². The Bertz CT molecular complexity index is 791. The maximum Gasteiger partial charge on any atom is 0.140 e. The molecule has 3 aromatic rings. The molecule has 6 heteroatoms. The Morgan fingerprint density at radius 1 is 1.21 bits per heavy atom. The maximum absolute atomic E-state index is 5.48. The Morgan fingerprint density at radius 2 is 2.04 bits per heavy atom. The van der Waals surface area contributed by atoms with Crippen LogP contribution in [0.15, 0.2) is 41.4 Å². The molecule has 0 unspecified atom stereocenters. The predicted octanol–water partition coefficient (Wildman–Crippen LogP) is 2.98. The fourth-order valence-corrected chi connectivity index (χ4v) is 3.21. The lowest BCUT2D eigenvalue weighted by Gasteiger charge is -2.15. The third-order valence-corrected chi connectivity index (χ3v) is 4.68. The van der Waals surface area contributed by atoms with Gasteiger partial charge in [-0.1, -0.05) is 17.3 Å². The van der Waals surface area contributed by atoms with Gasteiger partial charge in [-0.2, -0.15) is 5.10 Å². The molecule has 24 heavy (non-hydrogen) atoms. The second kappa shape index (κ2) is 6.57. The van der Waals surface area contributed by atoms with Crippen LogP contribution < -0.4 is 5.32 Å². The summed E-state index contributed by atoms with van der Waals surface area (Å²) in [4.78, 5) is 3.97. The van der Waals surface area contributed by atoms with Gasteiger partial charge in [-0.3, -0.25) is 0 Å². The number of aryl methyl sites for hydroxylation is 1. The van der Waals surface area contributed by atoms with Crippen molar-refractivity contribution >= 4 is 0 Å². The summed E-state index contributed by atoms with van der Waals surface area (Å²) in [6.45, 7) is 2.90. The monoisotopic (exact) mass is 323 g/mol. The van der Waals surface area contributed by atoms with Crippen molar-refractivity contribution < 1.29 is 4.52 Å². The number of nitrogens with zero attached hydrogens (tertiary/aromatic N) is 4. The molecular formula is C18H21N5O. The number of hydrogen-bond acceptors (Lipinski definition) is 5. The van der Waals surface area contributed by atoms with Gasteiger partial charge in [-0.15, -0.1) is 0 Å². The van der Waals surface area contributed by atoms with Gasteiger partial charge in [0.15, 0.2) is 0 Å². The van der Waals surface area contributed by atoms with Crippen LogP contribution in [-0.2, 0) is 19.4 Å². The van der Waals surface area contributed by atoms with Crippen LogP contribution in [0.25, 0.3) is 5.69 Å². The standard InChI is InChI=1S/C18H21N5O/c1-13(14-6-8-15(9-7-14)23-12-19-11-21-23)20-10-17-16-4-2-3-5-18(16)24-22-17/h6-9,11-13,20H,2-5,10H2,1H3/t13-/m1/s1. The minimum Gasteiger partial charge on any atom is -0.361 e. The van der Waals surface area contributed by atoms with E-state index in [1.165, 1.54) is 30.3 Å². The molecule has 1 aliphatic rings. The molecular weight excluding hydrogens is 302 g/mol. The molecule has 1 aliphatic carbocycles. The molecule has 2 heterocycles. The van der Waals surface area contributed by atoms with E-state index >= 15 is 0 Å². The maximum atomic E-state index is 5.48. The van der Waals surface area contributed by atoms with Crippen LogP contribution in [0, 0.1) is 0 Å². The summed E-state index contributed by atoms with van der Waals surface area (Å²) >= 11 is 0. The number of rotatable bonds is 5. The van der Waals surface area contributed by atoms with Crippen molar-refractivity contribution in [3.8, 4) is 5.69 Å². The molecule has 1 aromatic carbocycles. The molecule has 0 fully saturated rings. The first kappa shape index (κ1) is 15.1. The normalized spacial score (nSPS) is 15.2. The Morgan fingerprint density at radius 3 is 2.83 bits per heavy atom. The molecule has 124 valence electrons. The summed E-state index contributed by atoms with van der Waals surface area (Å²) in [6, 6.07) is 8.59. The molecule has 6 nitrogen and oxygen atoms in total. The van der Waals surface area contributed by atoms with Crippen LogP contribution in [0.1, 0.15) is 48.4 Å². The summed E-state index contributed by atoms with van der Waals surface area (Å²) < 4.78 is 7.23. The van der Waals surface area contributed by atoms with E-state index in [0.29, 0.717) is 0 Å². The second-order valence-electron chi connectivity index (χ2n) is 6.27. The van der Waals surface area contributed by atoms with E-state index < -0.39 is 0 Å². The molecule has 1 atom stereocenters. The largest absolute Gasteiger partial charge is 0.361 e. The Hall–Kier alpha value is -2.47. The van der Waals surface area contributed by atoms with Crippen molar-refractivity contribution in [3.05, 3.63) is 59.5 Å². The van der Waals surface area contributed by atoms with Crippen LogP contribution in [0.2, 0.25) is 0 Å². The van der Waals surface area contributed by atoms with Crippen molar-refractivity contribution in [1.82, 2.24) is 25.2 Å². The first-order valence-electron chi connectivity index (χ1n) is 8.46. The Kier molecular flexibility index (Phi) is 4.13. The quantitative estimate of drug-likeness (QED) is 0.782. The zero-order valence-corrected chi connectivity index (χ0v) is 13.8. The van der Waals surface area contributed by atoms with Crippen molar-refractivity contribution in [2.24, 2.45) is 0 Å². The highest BCUT2D eigenvalue weighted by Gasteiger charge is 2.19. The SMILES string of the molecule is C[C@@H](NCc1noc2c1CCCC2)c1ccc(-n2cncn2)cc1. The number of fused-ring (bicyclic) bond motifs is 1. The van der Waals surface area contributed by atoms with E-state index in [2.05, 4.69) is 51.7 Å². The smallest absolute Gasteiger partial charge is 0.140 e. The van der Waals surface area contributed by atoms with Crippen molar-refractivity contribution in [1.29, 1.82) is 0 Å². The van der Waals surface area contributed by atoms with Crippen LogP contribution in [0.5, 0.6) is 0 Å². The van der Waals surface area contributed by atoms with Gasteiger partial charge < -0.3 is 9.84 Å². The number of benzene rings is 1. The van der Waals surface area contributed by atoms with E-state index in [1.807, 2.05) is 0 Å². The summed E-state index contributed by atoms with van der Waals surface area (Å²) in [7, 11) is 0. The molecule has 0 radical (unpaired) electrons. The van der Waals surface area contributed by atoms with E-state index in [1.54, 1.807) is 11.0 Å². The highest BCUT2D eigenvalue weighted by Crippen LogP contribution is 2.24. The van der Waals surface area contributed by atoms with Gasteiger partial charge in [0.05, 0.1) is 5.69 Å². The topological polar surface area (TPSA) is 68.8 Å². The predicted molar refractivity (Wildman–Crippen MR) is 89.8 cm³/mol. The zero-order chi connectivity index (χ0) is 16.4. The molecule has 0 bridgehead atoms. The minimum absolute atomic E-state index is 0.241. The Labute approximate surface area is 140 Å². The van der Waals surface area contributed by atoms with E-state index in [0.717, 1.165) is 36.5 Å². The molecule has 4 rings (SSSR count). The molecule has 0 saturated heterocycles. The second-order valence-corrected chi connectivity index (χ2v) is 6.27. The summed E-state index contributed by atoms with van der Waals surface area (Å²) in [5, 5.41) is 11.9. The number of nitrogens with one attached hydrogen (secondary N) is 1. The molecule has 0 spiro atoms. The van der Waals surface area contributed by atoms with Crippen molar-refractivity contribution in [3.63, 3.8) is 0 Å². The van der Waals surface area contributed by atoms with Crippen LogP contribution in [-0.4, -0.2) is 19.9 Å². The lowest BCUT2D eigenvalue weighted by atomic mass is 9.96. The summed E-state index contributed by atoms with van der Waals surface area (Å²) in [5.41, 5.74) is 4.63. The molecule has 0 saturated carbocycles.